The summed E-state index contributed by atoms with van der Waals surface area (Å²) in [6.45, 7) is 4.13. The van der Waals surface area contributed by atoms with Crippen molar-refractivity contribution < 1.29 is 14.5 Å². The number of ether oxygens (including phenoxy) is 1. The molecule has 3 aromatic rings. The lowest BCUT2D eigenvalue weighted by molar-refractivity contribution is -0.384. The van der Waals surface area contributed by atoms with Crippen molar-refractivity contribution in [1.29, 1.82) is 0 Å². The molecule has 1 unspecified atom stereocenters. The van der Waals surface area contributed by atoms with Crippen molar-refractivity contribution in [3.8, 4) is 17.1 Å². The van der Waals surface area contributed by atoms with Gasteiger partial charge in [0, 0.05) is 29.8 Å². The number of nitrogens with zero attached hydrogens (tertiary/aromatic N) is 4. The molecule has 33 heavy (non-hydrogen) atoms. The molecule has 1 atom stereocenters. The number of rotatable bonds is 4. The number of nitro groups is 1. The first-order valence-electron chi connectivity index (χ1n) is 10.6. The summed E-state index contributed by atoms with van der Waals surface area (Å²) in [5, 5.41) is 19.2. The van der Waals surface area contributed by atoms with Crippen LogP contribution in [0.25, 0.3) is 11.4 Å². The summed E-state index contributed by atoms with van der Waals surface area (Å²) in [6, 6.07) is 13.2. The van der Waals surface area contributed by atoms with Gasteiger partial charge in [-0.15, -0.1) is 5.10 Å². The number of ketones is 1. The zero-order valence-electron chi connectivity index (χ0n) is 18.5. The van der Waals surface area contributed by atoms with E-state index in [1.807, 2.05) is 24.3 Å². The van der Waals surface area contributed by atoms with Crippen LogP contribution in [0.1, 0.15) is 38.3 Å². The zero-order valence-corrected chi connectivity index (χ0v) is 18.5. The van der Waals surface area contributed by atoms with Gasteiger partial charge < -0.3 is 10.1 Å². The molecular formula is C24H23N5O4. The van der Waals surface area contributed by atoms with Crippen molar-refractivity contribution in [1.82, 2.24) is 14.8 Å². The van der Waals surface area contributed by atoms with Crippen molar-refractivity contribution in [3.63, 3.8) is 0 Å². The second kappa shape index (κ2) is 7.54. The Hall–Kier alpha value is -4.01. The molecule has 0 spiro atoms. The molecule has 168 valence electrons. The first kappa shape index (κ1) is 20.9. The monoisotopic (exact) mass is 445 g/mol. The van der Waals surface area contributed by atoms with E-state index in [9.17, 15) is 14.9 Å². The lowest BCUT2D eigenvalue weighted by Crippen LogP contribution is -2.36. The first-order valence-corrected chi connectivity index (χ1v) is 10.6. The van der Waals surface area contributed by atoms with E-state index < -0.39 is 11.0 Å². The summed E-state index contributed by atoms with van der Waals surface area (Å²) in [6.07, 6.45) is 1.11. The van der Waals surface area contributed by atoms with E-state index in [0.29, 0.717) is 35.9 Å². The number of anilines is 1. The van der Waals surface area contributed by atoms with Crippen molar-refractivity contribution in [2.45, 2.75) is 32.7 Å². The van der Waals surface area contributed by atoms with Gasteiger partial charge in [-0.25, -0.2) is 4.68 Å². The molecule has 9 heteroatoms. The first-order chi connectivity index (χ1) is 15.8. The maximum Gasteiger partial charge on any atom is 0.269 e. The highest BCUT2D eigenvalue weighted by molar-refractivity contribution is 6.00. The number of allylic oxidation sites excluding steroid dienone is 2. The summed E-state index contributed by atoms with van der Waals surface area (Å²) >= 11 is 0. The molecular weight excluding hydrogens is 422 g/mol. The minimum Gasteiger partial charge on any atom is -0.496 e. The van der Waals surface area contributed by atoms with Crippen molar-refractivity contribution >= 4 is 17.4 Å². The normalized spacial score (nSPS) is 18.9. The molecule has 1 aliphatic heterocycles. The Morgan fingerprint density at radius 1 is 1.15 bits per heavy atom. The summed E-state index contributed by atoms with van der Waals surface area (Å²) < 4.78 is 7.17. The summed E-state index contributed by atoms with van der Waals surface area (Å²) in [5.41, 5.74) is 2.73. The molecule has 0 saturated heterocycles. The number of carbonyl (C=O) groups excluding carboxylic acids is 1. The van der Waals surface area contributed by atoms with Gasteiger partial charge in [0.1, 0.15) is 11.8 Å². The maximum atomic E-state index is 13.3. The van der Waals surface area contributed by atoms with E-state index >= 15 is 0 Å². The summed E-state index contributed by atoms with van der Waals surface area (Å²) in [4.78, 5) is 28.7. The van der Waals surface area contributed by atoms with Gasteiger partial charge in [0.15, 0.2) is 11.6 Å². The number of nitrogens with one attached hydrogen (secondary N) is 1. The molecule has 2 heterocycles. The lowest BCUT2D eigenvalue weighted by Gasteiger charge is -2.38. The summed E-state index contributed by atoms with van der Waals surface area (Å²) in [7, 11) is 1.59. The molecule has 0 saturated carbocycles. The number of para-hydroxylation sites is 1. The highest BCUT2D eigenvalue weighted by Gasteiger charge is 2.42. The fourth-order valence-electron chi connectivity index (χ4n) is 4.64. The molecule has 1 aliphatic carbocycles. The fraction of sp³-hybridized carbons (Fsp3) is 0.292. The van der Waals surface area contributed by atoms with Gasteiger partial charge in [-0.3, -0.25) is 14.9 Å². The van der Waals surface area contributed by atoms with Crippen LogP contribution in [-0.4, -0.2) is 32.6 Å². The van der Waals surface area contributed by atoms with Gasteiger partial charge >= 0.3 is 0 Å². The van der Waals surface area contributed by atoms with Gasteiger partial charge in [-0.2, -0.15) is 4.98 Å². The number of fused-ring (bicyclic) bond motifs is 1. The Bertz CT molecular complexity index is 1310. The number of methoxy groups -OCH3 is 1. The molecule has 9 nitrogen and oxygen atoms in total. The van der Waals surface area contributed by atoms with Gasteiger partial charge in [-0.1, -0.05) is 26.0 Å². The van der Waals surface area contributed by atoms with Gasteiger partial charge in [0.05, 0.1) is 17.6 Å². The predicted molar refractivity (Wildman–Crippen MR) is 122 cm³/mol. The molecule has 0 amide bonds. The van der Waals surface area contributed by atoms with Crippen LogP contribution in [0.15, 0.2) is 59.8 Å². The van der Waals surface area contributed by atoms with E-state index in [0.717, 1.165) is 16.8 Å². The highest BCUT2D eigenvalue weighted by Crippen LogP contribution is 2.46. The smallest absolute Gasteiger partial charge is 0.269 e. The van der Waals surface area contributed by atoms with Gasteiger partial charge in [-0.05, 0) is 41.7 Å². The van der Waals surface area contributed by atoms with Crippen LogP contribution in [0.5, 0.6) is 5.75 Å². The molecule has 2 aromatic carbocycles. The number of hydrogen-bond donors (Lipinski definition) is 1. The molecule has 1 N–H and O–H groups in total. The van der Waals surface area contributed by atoms with E-state index in [-0.39, 0.29) is 16.9 Å². The van der Waals surface area contributed by atoms with Crippen LogP contribution in [0, 0.1) is 15.5 Å². The average Bonchev–Trinajstić information content (AvgIpc) is 3.20. The van der Waals surface area contributed by atoms with Crippen LogP contribution in [0.4, 0.5) is 11.6 Å². The van der Waals surface area contributed by atoms with E-state index in [1.54, 1.807) is 23.9 Å². The van der Waals surface area contributed by atoms with Crippen LogP contribution < -0.4 is 10.1 Å². The van der Waals surface area contributed by atoms with Crippen LogP contribution in [0.3, 0.4) is 0 Å². The standard InChI is InChI=1S/C24H23N5O4/c1-24(2)12-17-20(18(30)13-24)21(14-8-10-15(11-9-14)29(31)32)28-23(25-17)26-22(27-28)16-6-4-5-7-19(16)33-3/h4-11,21H,12-13H2,1-3H3,(H,25,26,27). The third-order valence-electron chi connectivity index (χ3n) is 6.10. The topological polar surface area (TPSA) is 112 Å². The van der Waals surface area contributed by atoms with E-state index in [4.69, 9.17) is 14.8 Å². The van der Waals surface area contributed by atoms with Crippen molar-refractivity contribution in [3.05, 3.63) is 75.5 Å². The van der Waals surface area contributed by atoms with E-state index in [1.165, 1.54) is 12.1 Å². The Balaban J connectivity index is 1.68. The van der Waals surface area contributed by atoms with Crippen molar-refractivity contribution in [2.24, 2.45) is 5.41 Å². The third-order valence-corrected chi connectivity index (χ3v) is 6.10. The highest BCUT2D eigenvalue weighted by atomic mass is 16.6. The number of nitro benzene ring substituents is 1. The SMILES string of the molecule is COc1ccccc1-c1nc2n(n1)C(c1ccc([N+](=O)[O-])cc1)C1=C(CC(C)(C)CC1=O)N2. The molecule has 0 bridgehead atoms. The average molecular weight is 445 g/mol. The zero-order chi connectivity index (χ0) is 23.3. The molecule has 0 radical (unpaired) electrons. The Labute approximate surface area is 190 Å². The fourth-order valence-corrected chi connectivity index (χ4v) is 4.64. The van der Waals surface area contributed by atoms with Gasteiger partial charge in [0.25, 0.3) is 5.69 Å². The van der Waals surface area contributed by atoms with E-state index in [2.05, 4.69) is 19.2 Å². The van der Waals surface area contributed by atoms with Crippen LogP contribution >= 0.6 is 0 Å². The third kappa shape index (κ3) is 3.55. The Morgan fingerprint density at radius 3 is 2.58 bits per heavy atom. The Kier molecular flexibility index (Phi) is 4.77. The molecule has 5 rings (SSSR count). The molecule has 1 aromatic heterocycles. The van der Waals surface area contributed by atoms with Crippen LogP contribution in [-0.2, 0) is 4.79 Å². The maximum absolute atomic E-state index is 13.3. The Morgan fingerprint density at radius 2 is 1.88 bits per heavy atom. The second-order valence-electron chi connectivity index (χ2n) is 9.11. The molecule has 2 aliphatic rings. The number of benzene rings is 2. The molecule has 0 fully saturated rings. The minimum atomic E-state index is -0.531. The number of aromatic nitrogens is 3. The van der Waals surface area contributed by atoms with Crippen LogP contribution in [0.2, 0.25) is 0 Å². The minimum absolute atomic E-state index is 0.00786. The van der Waals surface area contributed by atoms with Crippen molar-refractivity contribution in [2.75, 3.05) is 12.4 Å². The van der Waals surface area contributed by atoms with Gasteiger partial charge in [0.2, 0.25) is 5.95 Å². The predicted octanol–water partition coefficient (Wildman–Crippen LogP) is 4.52. The largest absolute Gasteiger partial charge is 0.496 e. The number of non-ortho nitro benzene ring substituents is 1. The lowest BCUT2D eigenvalue weighted by atomic mass is 9.73. The number of Topliss-reactive ketones (excluding diaryl/α,β-unsaturated/α-hetero) is 1. The quantitative estimate of drug-likeness (QED) is 0.464. The number of carbonyl (C=O) groups is 1. The summed E-state index contributed by atoms with van der Waals surface area (Å²) in [5.74, 6) is 1.66. The number of hydrogen-bond acceptors (Lipinski definition) is 7. The second-order valence-corrected chi connectivity index (χ2v) is 9.11.